The van der Waals surface area contributed by atoms with Crippen molar-refractivity contribution in [2.75, 3.05) is 18.4 Å². The van der Waals surface area contributed by atoms with E-state index in [-0.39, 0.29) is 23.3 Å². The number of carbonyl (C=O) groups excluding carboxylic acids is 1. The molecule has 1 heterocycles. The van der Waals surface area contributed by atoms with Crippen molar-refractivity contribution in [2.24, 2.45) is 5.92 Å². The number of nitrogens with one attached hydrogen (secondary N) is 3. The Morgan fingerprint density at radius 3 is 2.48 bits per heavy atom. The number of benzene rings is 2. The van der Waals surface area contributed by atoms with Crippen LogP contribution >= 0.6 is 0 Å². The fourth-order valence-corrected chi connectivity index (χ4v) is 5.07. The maximum absolute atomic E-state index is 12.8. The van der Waals surface area contributed by atoms with E-state index in [0.29, 0.717) is 17.2 Å². The van der Waals surface area contributed by atoms with Gasteiger partial charge < -0.3 is 10.6 Å². The molecule has 29 heavy (non-hydrogen) atoms. The van der Waals surface area contributed by atoms with Gasteiger partial charge in [-0.2, -0.15) is 0 Å². The predicted octanol–water partition coefficient (Wildman–Crippen LogP) is 2.84. The van der Waals surface area contributed by atoms with E-state index in [0.717, 1.165) is 31.5 Å². The second-order valence-electron chi connectivity index (χ2n) is 7.68. The SMILES string of the molecule is Cc1cc(S(=O)(=O)N[C@H](C)C2CCNCC2)ccc1NC(=O)Cc1ccccc1. The lowest BCUT2D eigenvalue weighted by Gasteiger charge is -2.28. The van der Waals surface area contributed by atoms with Crippen LogP contribution in [0.1, 0.15) is 30.9 Å². The molecule has 0 aliphatic carbocycles. The van der Waals surface area contributed by atoms with Gasteiger partial charge in [-0.05, 0) is 75.0 Å². The summed E-state index contributed by atoms with van der Waals surface area (Å²) in [6, 6.07) is 14.2. The Hall–Kier alpha value is -2.22. The summed E-state index contributed by atoms with van der Waals surface area (Å²) in [4.78, 5) is 12.5. The lowest BCUT2D eigenvalue weighted by molar-refractivity contribution is -0.115. The molecule has 1 aliphatic heterocycles. The molecule has 7 heteroatoms. The zero-order valence-electron chi connectivity index (χ0n) is 16.9. The zero-order chi connectivity index (χ0) is 20.9. The number of sulfonamides is 1. The van der Waals surface area contributed by atoms with E-state index in [9.17, 15) is 13.2 Å². The van der Waals surface area contributed by atoms with Crippen LogP contribution in [0.5, 0.6) is 0 Å². The lowest BCUT2D eigenvalue weighted by atomic mass is 9.92. The molecule has 0 radical (unpaired) electrons. The third-order valence-corrected chi connectivity index (χ3v) is 6.98. The molecule has 1 fully saturated rings. The van der Waals surface area contributed by atoms with E-state index in [1.54, 1.807) is 25.1 Å². The fourth-order valence-electron chi connectivity index (χ4n) is 3.67. The molecule has 3 rings (SSSR count). The molecular weight excluding hydrogens is 386 g/mol. The molecule has 156 valence electrons. The van der Waals surface area contributed by atoms with Crippen molar-refractivity contribution >= 4 is 21.6 Å². The summed E-state index contributed by atoms with van der Waals surface area (Å²) in [6.07, 6.45) is 2.21. The van der Waals surface area contributed by atoms with Crippen LogP contribution in [0.25, 0.3) is 0 Å². The highest BCUT2D eigenvalue weighted by Crippen LogP contribution is 2.22. The topological polar surface area (TPSA) is 87.3 Å². The van der Waals surface area contributed by atoms with E-state index < -0.39 is 10.0 Å². The molecule has 1 atom stereocenters. The summed E-state index contributed by atoms with van der Waals surface area (Å²) < 4.78 is 28.4. The van der Waals surface area contributed by atoms with Gasteiger partial charge in [0.05, 0.1) is 11.3 Å². The molecule has 0 unspecified atom stereocenters. The summed E-state index contributed by atoms with van der Waals surface area (Å²) in [5.41, 5.74) is 2.26. The van der Waals surface area contributed by atoms with Crippen molar-refractivity contribution in [3.05, 3.63) is 59.7 Å². The number of amides is 1. The highest BCUT2D eigenvalue weighted by atomic mass is 32.2. The predicted molar refractivity (Wildman–Crippen MR) is 115 cm³/mol. The largest absolute Gasteiger partial charge is 0.326 e. The van der Waals surface area contributed by atoms with E-state index in [4.69, 9.17) is 0 Å². The number of carbonyl (C=O) groups is 1. The van der Waals surface area contributed by atoms with Gasteiger partial charge in [0.25, 0.3) is 0 Å². The van der Waals surface area contributed by atoms with Gasteiger partial charge in [-0.1, -0.05) is 30.3 Å². The minimum absolute atomic E-state index is 0.118. The lowest BCUT2D eigenvalue weighted by Crippen LogP contribution is -2.42. The molecule has 1 saturated heterocycles. The van der Waals surface area contributed by atoms with Gasteiger partial charge in [0.1, 0.15) is 0 Å². The van der Waals surface area contributed by atoms with Gasteiger partial charge in [-0.3, -0.25) is 4.79 Å². The van der Waals surface area contributed by atoms with Crippen LogP contribution < -0.4 is 15.4 Å². The first-order valence-corrected chi connectivity index (χ1v) is 11.5. The molecule has 0 spiro atoms. The Morgan fingerprint density at radius 1 is 1.14 bits per heavy atom. The van der Waals surface area contributed by atoms with Gasteiger partial charge in [-0.15, -0.1) is 0 Å². The van der Waals surface area contributed by atoms with Crippen molar-refractivity contribution in [2.45, 2.75) is 44.0 Å². The second-order valence-corrected chi connectivity index (χ2v) is 9.40. The Kier molecular flexibility index (Phi) is 7.05. The Labute approximate surface area is 173 Å². The minimum Gasteiger partial charge on any atom is -0.326 e. The van der Waals surface area contributed by atoms with Gasteiger partial charge >= 0.3 is 0 Å². The molecule has 1 amide bonds. The maximum atomic E-state index is 12.8. The number of hydrogen-bond donors (Lipinski definition) is 3. The van der Waals surface area contributed by atoms with E-state index in [2.05, 4.69) is 15.4 Å². The van der Waals surface area contributed by atoms with Crippen molar-refractivity contribution < 1.29 is 13.2 Å². The number of hydrogen-bond acceptors (Lipinski definition) is 4. The van der Waals surface area contributed by atoms with Crippen molar-refractivity contribution in [3.63, 3.8) is 0 Å². The highest BCUT2D eigenvalue weighted by Gasteiger charge is 2.25. The first-order chi connectivity index (χ1) is 13.8. The summed E-state index contributed by atoms with van der Waals surface area (Å²) in [6.45, 7) is 5.58. The second kappa shape index (κ2) is 9.52. The standard InChI is InChI=1S/C22H29N3O3S/c1-16-14-20(29(27,28)25-17(2)19-10-12-23-13-11-19)8-9-21(16)24-22(26)15-18-6-4-3-5-7-18/h3-9,14,17,19,23,25H,10-13,15H2,1-2H3,(H,24,26)/t17-/m1/s1. The number of aryl methyl sites for hydroxylation is 1. The van der Waals surface area contributed by atoms with E-state index >= 15 is 0 Å². The van der Waals surface area contributed by atoms with Crippen LogP contribution in [-0.4, -0.2) is 33.5 Å². The molecule has 0 saturated carbocycles. The average Bonchev–Trinajstić information content (AvgIpc) is 2.70. The molecule has 2 aromatic rings. The summed E-state index contributed by atoms with van der Waals surface area (Å²) in [5.74, 6) is 0.205. The third kappa shape index (κ3) is 5.88. The number of piperidine rings is 1. The van der Waals surface area contributed by atoms with E-state index in [1.807, 2.05) is 37.3 Å². The molecule has 0 aromatic heterocycles. The minimum atomic E-state index is -3.61. The quantitative estimate of drug-likeness (QED) is 0.649. The zero-order valence-corrected chi connectivity index (χ0v) is 17.8. The molecule has 0 bridgehead atoms. The van der Waals surface area contributed by atoms with Crippen LogP contribution in [0.15, 0.2) is 53.4 Å². The number of rotatable bonds is 7. The van der Waals surface area contributed by atoms with Crippen LogP contribution in [-0.2, 0) is 21.2 Å². The normalized spacial score (nSPS) is 16.3. The first-order valence-electron chi connectivity index (χ1n) is 10.0. The summed E-state index contributed by atoms with van der Waals surface area (Å²) in [7, 11) is -3.61. The van der Waals surface area contributed by atoms with Crippen molar-refractivity contribution in [1.29, 1.82) is 0 Å². The summed E-state index contributed by atoms with van der Waals surface area (Å²) >= 11 is 0. The molecular formula is C22H29N3O3S. The van der Waals surface area contributed by atoms with Crippen molar-refractivity contribution in [1.82, 2.24) is 10.0 Å². The maximum Gasteiger partial charge on any atom is 0.240 e. The first kappa shape index (κ1) is 21.5. The summed E-state index contributed by atoms with van der Waals surface area (Å²) in [5, 5.41) is 6.17. The van der Waals surface area contributed by atoms with Gasteiger partial charge in [-0.25, -0.2) is 13.1 Å². The smallest absolute Gasteiger partial charge is 0.240 e. The fraction of sp³-hybridized carbons (Fsp3) is 0.409. The Morgan fingerprint density at radius 2 is 1.83 bits per heavy atom. The van der Waals surface area contributed by atoms with E-state index in [1.165, 1.54) is 0 Å². The molecule has 1 aliphatic rings. The highest BCUT2D eigenvalue weighted by molar-refractivity contribution is 7.89. The van der Waals surface area contributed by atoms with Gasteiger partial charge in [0.15, 0.2) is 0 Å². The van der Waals surface area contributed by atoms with Crippen LogP contribution in [0.3, 0.4) is 0 Å². The van der Waals surface area contributed by atoms with Crippen molar-refractivity contribution in [3.8, 4) is 0 Å². The average molecular weight is 416 g/mol. The molecule has 3 N–H and O–H groups in total. The van der Waals surface area contributed by atoms with Crippen LogP contribution in [0.2, 0.25) is 0 Å². The number of anilines is 1. The third-order valence-electron chi connectivity index (χ3n) is 5.42. The molecule has 2 aromatic carbocycles. The van der Waals surface area contributed by atoms with Gasteiger partial charge in [0, 0.05) is 11.7 Å². The molecule has 6 nitrogen and oxygen atoms in total. The Bertz CT molecular complexity index is 939. The Balaban J connectivity index is 1.65. The monoisotopic (exact) mass is 415 g/mol. The van der Waals surface area contributed by atoms with Crippen LogP contribution in [0, 0.1) is 12.8 Å². The van der Waals surface area contributed by atoms with Crippen LogP contribution in [0.4, 0.5) is 5.69 Å². The van der Waals surface area contributed by atoms with Gasteiger partial charge in [0.2, 0.25) is 15.9 Å².